The van der Waals surface area contributed by atoms with Crippen molar-refractivity contribution in [1.82, 2.24) is 19.8 Å². The Balaban J connectivity index is 0.000000193. The summed E-state index contributed by atoms with van der Waals surface area (Å²) in [4.78, 5) is 33.8. The third kappa shape index (κ3) is 11.1. The summed E-state index contributed by atoms with van der Waals surface area (Å²) in [5.41, 5.74) is 10.4. The standard InChI is InChI=1S/C24H29N3O3.C16H22N2O.C8H9NO2.C2H6/c1-15-12-22(30-3)19(17-9-10-26-23(15)17)14-27-11-5-4-6-21(27)16-7-8-18(24(28)29)20(13-16)25-2;1-12-10-15(19-2)14(13-6-7-17-16(12)13)11-18-8-4-3-5-9-18;1-9-7-5-3-2-4-6(7)8(10)11;1-2/h7-10,12-13,21,25-26H,4-6,11,14H2,1-3H3,(H,28,29);6-7,10,17H,3-5,8-9,11H2,1-2H3;2-5,9H,1H3,(H,10,11);1-2H3. The van der Waals surface area contributed by atoms with Crippen LogP contribution in [0.5, 0.6) is 11.5 Å². The van der Waals surface area contributed by atoms with E-state index in [0.29, 0.717) is 22.5 Å². The van der Waals surface area contributed by atoms with E-state index in [0.717, 1.165) is 55.1 Å². The molecule has 6 aromatic rings. The van der Waals surface area contributed by atoms with Crippen molar-refractivity contribution in [3.05, 3.63) is 118 Å². The molecule has 6 N–H and O–H groups in total. The van der Waals surface area contributed by atoms with E-state index in [-0.39, 0.29) is 6.04 Å². The highest BCUT2D eigenvalue weighted by atomic mass is 16.5. The Bertz CT molecular complexity index is 2400. The molecule has 0 radical (unpaired) electrons. The molecule has 62 heavy (non-hydrogen) atoms. The minimum atomic E-state index is -0.911. The van der Waals surface area contributed by atoms with Crippen LogP contribution in [-0.4, -0.2) is 89.9 Å². The average molecular weight is 847 g/mol. The molecule has 0 amide bonds. The first kappa shape index (κ1) is 47.1. The number of anilines is 2. The molecule has 1 unspecified atom stereocenters. The predicted octanol–water partition coefficient (Wildman–Crippen LogP) is 10.9. The summed E-state index contributed by atoms with van der Waals surface area (Å²) in [5, 5.41) is 26.4. The van der Waals surface area contributed by atoms with Crippen molar-refractivity contribution in [2.45, 2.75) is 85.4 Å². The molecule has 2 aliphatic rings. The molecule has 4 heterocycles. The zero-order chi connectivity index (χ0) is 44.8. The number of nitrogens with zero attached hydrogens (tertiary/aromatic N) is 2. The number of carboxylic acid groups (broad SMARTS) is 2. The number of carboxylic acids is 2. The Labute approximate surface area is 366 Å². The van der Waals surface area contributed by atoms with Crippen LogP contribution in [0.2, 0.25) is 0 Å². The second-order valence-corrected chi connectivity index (χ2v) is 15.6. The minimum Gasteiger partial charge on any atom is -0.496 e. The number of aromatic amines is 2. The van der Waals surface area contributed by atoms with Crippen LogP contribution >= 0.6 is 0 Å². The molecule has 0 bridgehead atoms. The van der Waals surface area contributed by atoms with Crippen molar-refractivity contribution in [2.24, 2.45) is 0 Å². The number of benzene rings is 4. The Morgan fingerprint density at radius 2 is 1.21 bits per heavy atom. The number of hydrogen-bond donors (Lipinski definition) is 6. The molecule has 0 aliphatic carbocycles. The van der Waals surface area contributed by atoms with Crippen LogP contribution in [0.1, 0.15) is 107 Å². The fraction of sp³-hybridized carbons (Fsp3) is 0.400. The van der Waals surface area contributed by atoms with Crippen molar-refractivity contribution < 1.29 is 29.3 Å². The van der Waals surface area contributed by atoms with E-state index in [1.54, 1.807) is 58.6 Å². The molecule has 0 saturated carbocycles. The van der Waals surface area contributed by atoms with Gasteiger partial charge in [0.1, 0.15) is 11.5 Å². The summed E-state index contributed by atoms with van der Waals surface area (Å²) in [7, 11) is 6.97. The summed E-state index contributed by atoms with van der Waals surface area (Å²) in [6, 6.07) is 21.2. The molecule has 12 heteroatoms. The van der Waals surface area contributed by atoms with Gasteiger partial charge >= 0.3 is 11.9 Å². The molecule has 0 spiro atoms. The molecular formula is C50H66N6O6. The third-order valence-electron chi connectivity index (χ3n) is 11.8. The SMILES string of the molecule is CC.CNc1cc(C2CCCCN2Cc2c(OC)cc(C)c3[nH]ccc23)ccc1C(=O)O.CNc1ccccc1C(=O)O.COc1cc(C)c2[nH]ccc2c1CN1CCCCC1. The molecule has 1 atom stereocenters. The fourth-order valence-electron chi connectivity index (χ4n) is 8.71. The monoisotopic (exact) mass is 847 g/mol. The van der Waals surface area contributed by atoms with E-state index >= 15 is 0 Å². The number of nitrogens with one attached hydrogen (secondary N) is 4. The summed E-state index contributed by atoms with van der Waals surface area (Å²) >= 11 is 0. The molecule has 12 nitrogen and oxygen atoms in total. The van der Waals surface area contributed by atoms with Crippen LogP contribution in [-0.2, 0) is 13.1 Å². The maximum atomic E-state index is 11.5. The van der Waals surface area contributed by atoms with E-state index < -0.39 is 11.9 Å². The van der Waals surface area contributed by atoms with Crippen LogP contribution in [0.4, 0.5) is 11.4 Å². The topological polar surface area (TPSA) is 155 Å². The fourth-order valence-corrected chi connectivity index (χ4v) is 8.71. The summed E-state index contributed by atoms with van der Waals surface area (Å²) < 4.78 is 11.4. The Morgan fingerprint density at radius 3 is 1.74 bits per heavy atom. The number of ether oxygens (including phenoxy) is 2. The number of aryl methyl sites for hydroxylation is 2. The van der Waals surface area contributed by atoms with E-state index in [1.807, 2.05) is 38.4 Å². The lowest BCUT2D eigenvalue weighted by Crippen LogP contribution is -2.33. The number of rotatable bonds is 11. The van der Waals surface area contributed by atoms with Gasteiger partial charge in [0.05, 0.1) is 25.3 Å². The van der Waals surface area contributed by atoms with Crippen LogP contribution in [0.3, 0.4) is 0 Å². The highest BCUT2D eigenvalue weighted by molar-refractivity contribution is 5.95. The molecule has 2 aromatic heterocycles. The number of H-pyrrole nitrogens is 2. The average Bonchev–Trinajstić information content (AvgIpc) is 4.02. The van der Waals surface area contributed by atoms with Crippen LogP contribution in [0, 0.1) is 13.8 Å². The molecule has 4 aromatic carbocycles. The number of fused-ring (bicyclic) bond motifs is 2. The number of piperidine rings is 2. The molecule has 8 rings (SSSR count). The maximum absolute atomic E-state index is 11.5. The van der Waals surface area contributed by atoms with Gasteiger partial charge in [-0.05, 0) is 124 Å². The van der Waals surface area contributed by atoms with Gasteiger partial charge in [-0.3, -0.25) is 9.80 Å². The van der Waals surface area contributed by atoms with Gasteiger partial charge in [0, 0.05) is 89.9 Å². The quantitative estimate of drug-likeness (QED) is 0.0742. The Hall–Kier alpha value is -5.98. The molecule has 332 valence electrons. The Morgan fingerprint density at radius 1 is 0.677 bits per heavy atom. The first-order chi connectivity index (χ1) is 30.1. The number of para-hydroxylation sites is 1. The van der Waals surface area contributed by atoms with Crippen molar-refractivity contribution in [1.29, 1.82) is 0 Å². The minimum absolute atomic E-state index is 0.244. The van der Waals surface area contributed by atoms with Crippen molar-refractivity contribution in [3.63, 3.8) is 0 Å². The summed E-state index contributed by atoms with van der Waals surface area (Å²) in [5.74, 6) is 0.122. The zero-order valence-corrected chi connectivity index (χ0v) is 37.8. The van der Waals surface area contributed by atoms with E-state index in [4.69, 9.17) is 14.6 Å². The van der Waals surface area contributed by atoms with Crippen molar-refractivity contribution in [2.75, 3.05) is 58.6 Å². The number of aromatic carboxylic acids is 2. The first-order valence-corrected chi connectivity index (χ1v) is 21.9. The lowest BCUT2D eigenvalue weighted by molar-refractivity contribution is 0.0687. The van der Waals surface area contributed by atoms with Gasteiger partial charge in [0.15, 0.2) is 0 Å². The smallest absolute Gasteiger partial charge is 0.337 e. The van der Waals surface area contributed by atoms with Gasteiger partial charge in [-0.2, -0.15) is 0 Å². The van der Waals surface area contributed by atoms with Crippen LogP contribution in [0.25, 0.3) is 21.8 Å². The van der Waals surface area contributed by atoms with Crippen molar-refractivity contribution in [3.8, 4) is 11.5 Å². The number of carbonyl (C=O) groups is 2. The van der Waals surface area contributed by atoms with E-state index in [1.165, 1.54) is 77.3 Å². The van der Waals surface area contributed by atoms with E-state index in [9.17, 15) is 14.7 Å². The van der Waals surface area contributed by atoms with Gasteiger partial charge in [-0.25, -0.2) is 9.59 Å². The first-order valence-electron chi connectivity index (χ1n) is 21.9. The molecule has 2 fully saturated rings. The molecular weight excluding hydrogens is 781 g/mol. The normalized spacial score (nSPS) is 15.3. The van der Waals surface area contributed by atoms with E-state index in [2.05, 4.69) is 68.5 Å². The highest BCUT2D eigenvalue weighted by Crippen LogP contribution is 2.38. The lowest BCUT2D eigenvalue weighted by atomic mass is 9.92. The highest BCUT2D eigenvalue weighted by Gasteiger charge is 2.27. The molecule has 2 aliphatic heterocycles. The zero-order valence-electron chi connectivity index (χ0n) is 37.8. The lowest BCUT2D eigenvalue weighted by Gasteiger charge is -2.37. The largest absolute Gasteiger partial charge is 0.496 e. The third-order valence-corrected chi connectivity index (χ3v) is 11.8. The second kappa shape index (κ2) is 22.7. The number of likely N-dealkylation sites (tertiary alicyclic amines) is 2. The van der Waals surface area contributed by atoms with Crippen LogP contribution < -0.4 is 20.1 Å². The second-order valence-electron chi connectivity index (χ2n) is 15.6. The Kier molecular flexibility index (Phi) is 17.3. The predicted molar refractivity (Wildman–Crippen MR) is 253 cm³/mol. The van der Waals surface area contributed by atoms with Crippen molar-refractivity contribution >= 4 is 45.1 Å². The van der Waals surface area contributed by atoms with Gasteiger partial charge in [0.2, 0.25) is 0 Å². The van der Waals surface area contributed by atoms with Gasteiger partial charge in [-0.15, -0.1) is 0 Å². The summed E-state index contributed by atoms with van der Waals surface area (Å²) in [6.45, 7) is 13.4. The molecule has 2 saturated heterocycles. The number of hydrogen-bond acceptors (Lipinski definition) is 8. The van der Waals surface area contributed by atoms with Gasteiger partial charge < -0.3 is 40.3 Å². The van der Waals surface area contributed by atoms with Gasteiger partial charge in [0.25, 0.3) is 0 Å². The number of methoxy groups -OCH3 is 2. The van der Waals surface area contributed by atoms with Crippen LogP contribution in [0.15, 0.2) is 79.1 Å². The maximum Gasteiger partial charge on any atom is 0.337 e. The number of aromatic nitrogens is 2. The summed E-state index contributed by atoms with van der Waals surface area (Å²) in [6.07, 6.45) is 11.4. The van der Waals surface area contributed by atoms with Gasteiger partial charge in [-0.1, -0.05) is 44.9 Å².